The van der Waals surface area contributed by atoms with Gasteiger partial charge in [0.25, 0.3) is 5.91 Å². The molecule has 1 saturated heterocycles. The van der Waals surface area contributed by atoms with Crippen molar-refractivity contribution in [2.75, 3.05) is 38.0 Å². The van der Waals surface area contributed by atoms with Crippen LogP contribution in [0.25, 0.3) is 11.3 Å². The molecule has 0 radical (unpaired) electrons. The summed E-state index contributed by atoms with van der Waals surface area (Å²) in [6.45, 7) is 4.78. The predicted molar refractivity (Wildman–Crippen MR) is 124 cm³/mol. The maximum absolute atomic E-state index is 12.8. The number of benzene rings is 2. The number of rotatable bonds is 5. The number of amides is 2. The summed E-state index contributed by atoms with van der Waals surface area (Å²) in [6.07, 6.45) is 0. The highest BCUT2D eigenvalue weighted by molar-refractivity contribution is 9.10. The van der Waals surface area contributed by atoms with Crippen LogP contribution in [-0.2, 0) is 4.79 Å². The molecule has 0 saturated carbocycles. The first-order valence-corrected chi connectivity index (χ1v) is 11.0. The summed E-state index contributed by atoms with van der Waals surface area (Å²) in [5.74, 6) is -0.115. The van der Waals surface area contributed by atoms with Gasteiger partial charge in [-0.3, -0.25) is 19.6 Å². The third-order valence-electron chi connectivity index (χ3n) is 5.31. The topological polar surface area (TPSA) is 81.3 Å². The van der Waals surface area contributed by atoms with E-state index in [0.29, 0.717) is 38.4 Å². The fourth-order valence-electron chi connectivity index (χ4n) is 3.52. The lowest BCUT2D eigenvalue weighted by Gasteiger charge is -2.34. The molecule has 2 aromatic carbocycles. The lowest BCUT2D eigenvalue weighted by molar-refractivity contribution is -0.117. The molecule has 0 atom stereocenters. The molecular formula is C23H24BrN5O2. The second kappa shape index (κ2) is 9.45. The van der Waals surface area contributed by atoms with Gasteiger partial charge >= 0.3 is 0 Å². The summed E-state index contributed by atoms with van der Waals surface area (Å²) < 4.78 is 0.994. The van der Waals surface area contributed by atoms with E-state index in [1.54, 1.807) is 11.0 Å². The summed E-state index contributed by atoms with van der Waals surface area (Å²) in [7, 11) is 0. The van der Waals surface area contributed by atoms with E-state index in [9.17, 15) is 9.59 Å². The van der Waals surface area contributed by atoms with Crippen LogP contribution in [0.2, 0.25) is 0 Å². The number of aromatic amines is 1. The van der Waals surface area contributed by atoms with Crippen LogP contribution in [0.4, 0.5) is 5.69 Å². The van der Waals surface area contributed by atoms with E-state index in [4.69, 9.17) is 0 Å². The number of aryl methyl sites for hydroxylation is 1. The Kier molecular flexibility index (Phi) is 6.48. The van der Waals surface area contributed by atoms with Crippen LogP contribution < -0.4 is 5.32 Å². The molecule has 4 rings (SSSR count). The highest BCUT2D eigenvalue weighted by atomic mass is 79.9. The number of anilines is 1. The summed E-state index contributed by atoms with van der Waals surface area (Å²) in [5.41, 5.74) is 4.11. The molecule has 0 bridgehead atoms. The third-order valence-corrected chi connectivity index (χ3v) is 5.84. The molecule has 1 aliphatic rings. The van der Waals surface area contributed by atoms with Crippen LogP contribution in [0.1, 0.15) is 16.1 Å². The van der Waals surface area contributed by atoms with Gasteiger partial charge in [-0.15, -0.1) is 0 Å². The molecule has 7 nitrogen and oxygen atoms in total. The second-order valence-electron chi connectivity index (χ2n) is 7.66. The van der Waals surface area contributed by atoms with Gasteiger partial charge in [0.1, 0.15) is 5.69 Å². The Balaban J connectivity index is 1.28. The van der Waals surface area contributed by atoms with Gasteiger partial charge in [0.15, 0.2) is 0 Å². The molecule has 3 aromatic rings. The Bertz CT molecular complexity index is 1050. The van der Waals surface area contributed by atoms with Gasteiger partial charge in [-0.05, 0) is 37.3 Å². The minimum Gasteiger partial charge on any atom is -0.335 e. The van der Waals surface area contributed by atoms with Gasteiger partial charge in [0.05, 0.1) is 12.2 Å². The van der Waals surface area contributed by atoms with Gasteiger partial charge < -0.3 is 10.2 Å². The molecule has 1 fully saturated rings. The standard InChI is InChI=1S/C23H24BrN5O2/c1-16-2-8-19(9-3-16)25-22(30)15-28-10-12-29(13-11-28)23(31)21-14-20(26-27-21)17-4-6-18(24)7-5-17/h2-9,14H,10-13,15H2,1H3,(H,25,30)(H,26,27). The number of carbonyl (C=O) groups is 2. The van der Waals surface area contributed by atoms with Crippen molar-refractivity contribution in [2.24, 2.45) is 0 Å². The fraction of sp³-hybridized carbons (Fsp3) is 0.261. The summed E-state index contributed by atoms with van der Waals surface area (Å²) >= 11 is 3.42. The number of hydrogen-bond acceptors (Lipinski definition) is 4. The zero-order valence-electron chi connectivity index (χ0n) is 17.3. The van der Waals surface area contributed by atoms with Crippen LogP contribution in [0.3, 0.4) is 0 Å². The van der Waals surface area contributed by atoms with Crippen molar-refractivity contribution in [3.05, 3.63) is 70.3 Å². The van der Waals surface area contributed by atoms with Crippen molar-refractivity contribution in [3.63, 3.8) is 0 Å². The number of halogens is 1. The van der Waals surface area contributed by atoms with Gasteiger partial charge in [-0.1, -0.05) is 45.8 Å². The van der Waals surface area contributed by atoms with Crippen LogP contribution >= 0.6 is 15.9 Å². The van der Waals surface area contributed by atoms with Crippen molar-refractivity contribution in [1.82, 2.24) is 20.0 Å². The summed E-state index contributed by atoms with van der Waals surface area (Å²) in [6, 6.07) is 17.3. The van der Waals surface area contributed by atoms with Crippen LogP contribution in [0.5, 0.6) is 0 Å². The number of piperazine rings is 1. The fourth-order valence-corrected chi connectivity index (χ4v) is 3.78. The number of carbonyl (C=O) groups excluding carboxylic acids is 2. The van der Waals surface area contributed by atoms with Crippen LogP contribution in [0, 0.1) is 6.92 Å². The molecule has 1 aliphatic heterocycles. The second-order valence-corrected chi connectivity index (χ2v) is 8.57. The Morgan fingerprint density at radius 2 is 1.71 bits per heavy atom. The Morgan fingerprint density at radius 1 is 1.03 bits per heavy atom. The van der Waals surface area contributed by atoms with E-state index in [0.717, 1.165) is 27.0 Å². The van der Waals surface area contributed by atoms with E-state index in [-0.39, 0.29) is 11.8 Å². The lowest BCUT2D eigenvalue weighted by Crippen LogP contribution is -2.50. The summed E-state index contributed by atoms with van der Waals surface area (Å²) in [4.78, 5) is 29.0. The zero-order chi connectivity index (χ0) is 21.8. The first-order chi connectivity index (χ1) is 15.0. The quantitative estimate of drug-likeness (QED) is 0.583. The highest BCUT2D eigenvalue weighted by Crippen LogP contribution is 2.21. The normalized spacial score (nSPS) is 14.5. The molecule has 2 heterocycles. The van der Waals surface area contributed by atoms with Gasteiger partial charge in [-0.25, -0.2) is 0 Å². The van der Waals surface area contributed by atoms with E-state index < -0.39 is 0 Å². The number of nitrogens with one attached hydrogen (secondary N) is 2. The first kappa shape index (κ1) is 21.3. The molecule has 0 unspecified atom stereocenters. The molecular weight excluding hydrogens is 458 g/mol. The molecule has 1 aromatic heterocycles. The molecule has 2 N–H and O–H groups in total. The van der Waals surface area contributed by atoms with Crippen molar-refractivity contribution in [1.29, 1.82) is 0 Å². The number of aromatic nitrogens is 2. The predicted octanol–water partition coefficient (Wildman–Crippen LogP) is 3.54. The van der Waals surface area contributed by atoms with Crippen LogP contribution in [0.15, 0.2) is 59.1 Å². The third kappa shape index (κ3) is 5.39. The van der Waals surface area contributed by atoms with Gasteiger partial charge in [0.2, 0.25) is 5.91 Å². The maximum Gasteiger partial charge on any atom is 0.271 e. The Labute approximate surface area is 189 Å². The minimum atomic E-state index is -0.0698. The van der Waals surface area contributed by atoms with Crippen molar-refractivity contribution >= 4 is 33.4 Å². The minimum absolute atomic E-state index is 0.0451. The van der Waals surface area contributed by atoms with E-state index >= 15 is 0 Å². The molecule has 2 amide bonds. The number of H-pyrrole nitrogens is 1. The highest BCUT2D eigenvalue weighted by Gasteiger charge is 2.24. The average Bonchev–Trinajstić information content (AvgIpc) is 3.26. The first-order valence-electron chi connectivity index (χ1n) is 10.2. The van der Waals surface area contributed by atoms with E-state index in [1.807, 2.05) is 55.5 Å². The molecule has 0 aliphatic carbocycles. The van der Waals surface area contributed by atoms with Crippen molar-refractivity contribution in [2.45, 2.75) is 6.92 Å². The molecule has 0 spiro atoms. The van der Waals surface area contributed by atoms with E-state index in [1.165, 1.54) is 0 Å². The van der Waals surface area contributed by atoms with Crippen LogP contribution in [-0.4, -0.2) is 64.5 Å². The summed E-state index contributed by atoms with van der Waals surface area (Å²) in [5, 5.41) is 10.1. The number of hydrogen-bond donors (Lipinski definition) is 2. The van der Waals surface area contributed by atoms with Gasteiger partial charge in [-0.2, -0.15) is 5.10 Å². The smallest absolute Gasteiger partial charge is 0.271 e. The van der Waals surface area contributed by atoms with E-state index in [2.05, 4.69) is 36.3 Å². The largest absolute Gasteiger partial charge is 0.335 e. The maximum atomic E-state index is 12.8. The van der Waals surface area contributed by atoms with Crippen molar-refractivity contribution < 1.29 is 9.59 Å². The lowest BCUT2D eigenvalue weighted by atomic mass is 10.1. The SMILES string of the molecule is Cc1ccc(NC(=O)CN2CCN(C(=O)c3cc(-c4ccc(Br)cc4)n[nH]3)CC2)cc1. The Morgan fingerprint density at radius 3 is 2.39 bits per heavy atom. The van der Waals surface area contributed by atoms with Gasteiger partial charge in [0, 0.05) is 41.9 Å². The monoisotopic (exact) mass is 481 g/mol. The van der Waals surface area contributed by atoms with Crippen molar-refractivity contribution in [3.8, 4) is 11.3 Å². The average molecular weight is 482 g/mol. The number of nitrogens with zero attached hydrogens (tertiary/aromatic N) is 3. The molecule has 8 heteroatoms. The Hall–Kier alpha value is -2.97. The molecule has 160 valence electrons. The zero-order valence-corrected chi connectivity index (χ0v) is 18.9. The molecule has 31 heavy (non-hydrogen) atoms.